The minimum atomic E-state index is -4.50. The summed E-state index contributed by atoms with van der Waals surface area (Å²) in [6, 6.07) is 17.7. The summed E-state index contributed by atoms with van der Waals surface area (Å²) in [6.45, 7) is 0. The van der Waals surface area contributed by atoms with E-state index in [2.05, 4.69) is 5.10 Å². The van der Waals surface area contributed by atoms with E-state index < -0.39 is 17.8 Å². The predicted molar refractivity (Wildman–Crippen MR) is 129 cm³/mol. The minimum Gasteiger partial charge on any atom is -0.496 e. The zero-order chi connectivity index (χ0) is 24.3. The van der Waals surface area contributed by atoms with Crippen molar-refractivity contribution in [2.45, 2.75) is 18.6 Å². The van der Waals surface area contributed by atoms with E-state index in [1.807, 2.05) is 60.7 Å². The van der Waals surface area contributed by atoms with Crippen LogP contribution < -0.4 is 14.5 Å². The Hall–Kier alpha value is -3.45. The van der Waals surface area contributed by atoms with Crippen molar-refractivity contribution >= 4 is 29.1 Å². The largest absolute Gasteiger partial charge is 0.496 e. The Kier molecular flexibility index (Phi) is 6.84. The number of rotatable bonds is 6. The highest BCUT2D eigenvalue weighted by molar-refractivity contribution is 6.33. The van der Waals surface area contributed by atoms with Crippen LogP contribution in [-0.2, 0) is 6.18 Å². The molecule has 0 unspecified atom stereocenters. The third-order valence-electron chi connectivity index (χ3n) is 5.55. The van der Waals surface area contributed by atoms with E-state index in [1.165, 1.54) is 11.1 Å². The molecule has 0 saturated heterocycles. The minimum absolute atomic E-state index is 0.173. The number of benzene rings is 3. The number of hydrogen-bond donors (Lipinski definition) is 0. The number of halogens is 4. The van der Waals surface area contributed by atoms with Crippen LogP contribution in [0.15, 0.2) is 77.9 Å². The molecule has 1 heterocycles. The molecule has 0 aromatic heterocycles. The molecule has 34 heavy (non-hydrogen) atoms. The molecule has 1 aliphatic rings. The topological polar surface area (TPSA) is 34.1 Å². The van der Waals surface area contributed by atoms with Gasteiger partial charge in [-0.15, -0.1) is 0 Å². The maximum absolute atomic E-state index is 13.4. The summed E-state index contributed by atoms with van der Waals surface area (Å²) in [7, 11) is 3.15. The molecule has 3 aromatic rings. The Morgan fingerprint density at radius 1 is 0.941 bits per heavy atom. The summed E-state index contributed by atoms with van der Waals surface area (Å²) >= 11 is 6.37. The second-order valence-electron chi connectivity index (χ2n) is 7.64. The maximum atomic E-state index is 13.4. The van der Waals surface area contributed by atoms with Crippen molar-refractivity contribution in [1.82, 2.24) is 0 Å². The van der Waals surface area contributed by atoms with Crippen molar-refractivity contribution in [3.63, 3.8) is 0 Å². The molecule has 0 aliphatic carbocycles. The van der Waals surface area contributed by atoms with Crippen LogP contribution >= 0.6 is 11.6 Å². The summed E-state index contributed by atoms with van der Waals surface area (Å²) in [5, 5.41) is 6.37. The maximum Gasteiger partial charge on any atom is 0.416 e. The van der Waals surface area contributed by atoms with Gasteiger partial charge in [0.25, 0.3) is 0 Å². The lowest BCUT2D eigenvalue weighted by Crippen LogP contribution is -2.20. The molecule has 0 bridgehead atoms. The molecule has 3 aromatic carbocycles. The Labute approximate surface area is 200 Å². The number of ether oxygens (including phenoxy) is 2. The fraction of sp³-hybridized carbons (Fsp3) is 0.192. The molecule has 0 spiro atoms. The average molecular weight is 487 g/mol. The number of hydrazone groups is 1. The third kappa shape index (κ3) is 4.89. The number of hydrogen-bond acceptors (Lipinski definition) is 4. The molecule has 0 saturated carbocycles. The van der Waals surface area contributed by atoms with E-state index in [0.29, 0.717) is 23.6 Å². The van der Waals surface area contributed by atoms with Crippen LogP contribution in [0, 0.1) is 0 Å². The van der Waals surface area contributed by atoms with E-state index in [4.69, 9.17) is 21.1 Å². The van der Waals surface area contributed by atoms with Gasteiger partial charge in [0.05, 0.1) is 42.2 Å². The molecule has 0 N–H and O–H groups in total. The Morgan fingerprint density at radius 3 is 2.32 bits per heavy atom. The van der Waals surface area contributed by atoms with Crippen LogP contribution in [-0.4, -0.2) is 19.9 Å². The monoisotopic (exact) mass is 486 g/mol. The molecular formula is C26H22ClF3N2O2. The number of methoxy groups -OCH3 is 2. The van der Waals surface area contributed by atoms with Crippen LogP contribution in [0.2, 0.25) is 5.02 Å². The lowest BCUT2D eigenvalue weighted by atomic mass is 9.99. The van der Waals surface area contributed by atoms with E-state index >= 15 is 0 Å². The van der Waals surface area contributed by atoms with Crippen molar-refractivity contribution in [2.24, 2.45) is 5.10 Å². The zero-order valence-electron chi connectivity index (χ0n) is 18.5. The lowest BCUT2D eigenvalue weighted by molar-refractivity contribution is -0.137. The van der Waals surface area contributed by atoms with Gasteiger partial charge in [0.1, 0.15) is 11.5 Å². The third-order valence-corrected chi connectivity index (χ3v) is 5.87. The summed E-state index contributed by atoms with van der Waals surface area (Å²) < 4.78 is 51.2. The summed E-state index contributed by atoms with van der Waals surface area (Å²) in [5.41, 5.74) is 1.71. The standard InChI is InChI=1S/C26H22ClF3N2O2/c1-33-24-9-5-3-7-17(24)11-13-19-16-22(20-8-4-6-10-25(20)34-2)32(31-19)23-15-18(26(28,29)30)12-14-21(23)27/h3-15,22H,16H2,1-2H3/b13-11+/t22-/m0/s1. The highest BCUT2D eigenvalue weighted by atomic mass is 35.5. The second kappa shape index (κ2) is 9.81. The highest BCUT2D eigenvalue weighted by Gasteiger charge is 2.35. The van der Waals surface area contributed by atoms with Crippen molar-refractivity contribution in [2.75, 3.05) is 19.2 Å². The predicted octanol–water partition coefficient (Wildman–Crippen LogP) is 7.40. The number of para-hydroxylation sites is 2. The fourth-order valence-corrected chi connectivity index (χ4v) is 4.10. The second-order valence-corrected chi connectivity index (χ2v) is 8.04. The molecule has 4 rings (SSSR count). The van der Waals surface area contributed by atoms with E-state index in [1.54, 1.807) is 14.2 Å². The van der Waals surface area contributed by atoms with Crippen LogP contribution in [0.5, 0.6) is 11.5 Å². The molecule has 4 nitrogen and oxygen atoms in total. The highest BCUT2D eigenvalue weighted by Crippen LogP contribution is 2.43. The Balaban J connectivity index is 1.78. The van der Waals surface area contributed by atoms with Gasteiger partial charge < -0.3 is 9.47 Å². The molecular weight excluding hydrogens is 465 g/mol. The molecule has 0 fully saturated rings. The van der Waals surface area contributed by atoms with Crippen LogP contribution in [0.25, 0.3) is 6.08 Å². The van der Waals surface area contributed by atoms with Crippen molar-refractivity contribution in [3.8, 4) is 11.5 Å². The first-order valence-electron chi connectivity index (χ1n) is 10.5. The van der Waals surface area contributed by atoms with Gasteiger partial charge in [-0.3, -0.25) is 5.01 Å². The van der Waals surface area contributed by atoms with Gasteiger partial charge in [0, 0.05) is 17.5 Å². The Bertz CT molecular complexity index is 1240. The normalized spacial score (nSPS) is 16.1. The molecule has 8 heteroatoms. The first-order valence-corrected chi connectivity index (χ1v) is 10.9. The van der Waals surface area contributed by atoms with Gasteiger partial charge in [0.15, 0.2) is 0 Å². The number of nitrogens with zero attached hydrogens (tertiary/aromatic N) is 2. The van der Waals surface area contributed by atoms with Crippen LogP contribution in [0.3, 0.4) is 0 Å². The fourth-order valence-electron chi connectivity index (χ4n) is 3.89. The molecule has 1 aliphatic heterocycles. The van der Waals surface area contributed by atoms with E-state index in [9.17, 15) is 13.2 Å². The van der Waals surface area contributed by atoms with Gasteiger partial charge >= 0.3 is 6.18 Å². The molecule has 0 amide bonds. The van der Waals surface area contributed by atoms with Gasteiger partial charge in [0.2, 0.25) is 0 Å². The van der Waals surface area contributed by atoms with Crippen molar-refractivity contribution in [1.29, 1.82) is 0 Å². The van der Waals surface area contributed by atoms with Crippen molar-refractivity contribution in [3.05, 3.63) is 94.5 Å². The van der Waals surface area contributed by atoms with E-state index in [0.717, 1.165) is 23.3 Å². The lowest BCUT2D eigenvalue weighted by Gasteiger charge is -2.26. The Morgan fingerprint density at radius 2 is 1.62 bits per heavy atom. The number of alkyl halides is 3. The molecule has 176 valence electrons. The van der Waals surface area contributed by atoms with Gasteiger partial charge in [-0.05, 0) is 42.5 Å². The first kappa shape index (κ1) is 23.7. The summed E-state index contributed by atoms with van der Waals surface area (Å²) in [5.74, 6) is 1.32. The average Bonchev–Trinajstić information content (AvgIpc) is 3.26. The van der Waals surface area contributed by atoms with Crippen LogP contribution in [0.4, 0.5) is 18.9 Å². The van der Waals surface area contributed by atoms with E-state index in [-0.39, 0.29) is 10.7 Å². The quantitative estimate of drug-likeness (QED) is 0.364. The number of allylic oxidation sites excluding steroid dienone is 1. The van der Waals surface area contributed by atoms with Crippen molar-refractivity contribution < 1.29 is 22.6 Å². The zero-order valence-corrected chi connectivity index (χ0v) is 19.3. The van der Waals surface area contributed by atoms with Gasteiger partial charge in [-0.25, -0.2) is 0 Å². The van der Waals surface area contributed by atoms with Crippen LogP contribution in [0.1, 0.15) is 29.2 Å². The molecule has 0 radical (unpaired) electrons. The van der Waals surface area contributed by atoms with Gasteiger partial charge in [-0.1, -0.05) is 48.0 Å². The first-order chi connectivity index (χ1) is 16.3. The summed E-state index contributed by atoms with van der Waals surface area (Å²) in [4.78, 5) is 0. The molecule has 1 atom stereocenters. The number of anilines is 1. The SMILES string of the molecule is COc1ccccc1/C=C/C1=NN(c2cc(C(F)(F)F)ccc2Cl)[C@H](c2ccccc2OC)C1. The summed E-state index contributed by atoms with van der Waals surface area (Å²) in [6.07, 6.45) is -0.357. The van der Waals surface area contributed by atoms with Gasteiger partial charge in [-0.2, -0.15) is 18.3 Å². The smallest absolute Gasteiger partial charge is 0.416 e.